The van der Waals surface area contributed by atoms with Crippen molar-refractivity contribution in [1.29, 1.82) is 0 Å². The van der Waals surface area contributed by atoms with Crippen molar-refractivity contribution in [3.63, 3.8) is 0 Å². The van der Waals surface area contributed by atoms with Crippen molar-refractivity contribution < 1.29 is 0 Å². The normalized spacial score (nSPS) is 10.9. The topological polar surface area (TPSA) is 12.9 Å². The summed E-state index contributed by atoms with van der Waals surface area (Å²) in [6, 6.07) is 15.2. The summed E-state index contributed by atoms with van der Waals surface area (Å²) in [5, 5.41) is 2.47. The quantitative estimate of drug-likeness (QED) is 0.600. The average molecular weight is 247 g/mol. The van der Waals surface area contributed by atoms with Gasteiger partial charge < -0.3 is 0 Å². The van der Waals surface area contributed by atoms with Gasteiger partial charge in [-0.25, -0.2) is 0 Å². The van der Waals surface area contributed by atoms with Crippen molar-refractivity contribution in [2.24, 2.45) is 0 Å². The van der Waals surface area contributed by atoms with E-state index in [1.807, 2.05) is 6.20 Å². The molecule has 0 aliphatic rings. The van der Waals surface area contributed by atoms with Gasteiger partial charge in [0.25, 0.3) is 0 Å². The van der Waals surface area contributed by atoms with Crippen LogP contribution in [0, 0.1) is 20.8 Å². The summed E-state index contributed by atoms with van der Waals surface area (Å²) in [6.45, 7) is 6.38. The van der Waals surface area contributed by atoms with Crippen molar-refractivity contribution in [2.75, 3.05) is 0 Å². The molecule has 0 spiro atoms. The molecule has 0 radical (unpaired) electrons. The van der Waals surface area contributed by atoms with E-state index in [1.165, 1.54) is 33.0 Å². The number of hydrogen-bond donors (Lipinski definition) is 0. The van der Waals surface area contributed by atoms with Crippen LogP contribution in [0.5, 0.6) is 0 Å². The Hall–Kier alpha value is -2.15. The van der Waals surface area contributed by atoms with E-state index < -0.39 is 0 Å². The Kier molecular flexibility index (Phi) is 2.83. The molecule has 0 unspecified atom stereocenters. The lowest BCUT2D eigenvalue weighted by Crippen LogP contribution is -1.88. The van der Waals surface area contributed by atoms with E-state index in [9.17, 15) is 0 Å². The molecule has 1 nitrogen and oxygen atoms in total. The van der Waals surface area contributed by atoms with Crippen LogP contribution < -0.4 is 0 Å². The fraction of sp³-hybridized carbons (Fsp3) is 0.167. The summed E-state index contributed by atoms with van der Waals surface area (Å²) in [5.74, 6) is 0. The maximum Gasteiger partial charge on any atom is 0.0780 e. The number of pyridine rings is 1. The minimum absolute atomic E-state index is 1.07. The largest absolute Gasteiger partial charge is 0.256 e. The van der Waals surface area contributed by atoms with E-state index in [4.69, 9.17) is 0 Å². The summed E-state index contributed by atoms with van der Waals surface area (Å²) in [6.07, 6.45) is 1.90. The minimum atomic E-state index is 1.07. The first kappa shape index (κ1) is 11.9. The van der Waals surface area contributed by atoms with E-state index in [-0.39, 0.29) is 0 Å². The van der Waals surface area contributed by atoms with Gasteiger partial charge in [-0.2, -0.15) is 0 Å². The molecule has 3 rings (SSSR count). The zero-order chi connectivity index (χ0) is 13.4. The Morgan fingerprint density at radius 2 is 1.47 bits per heavy atom. The molecule has 3 aromatic rings. The first-order chi connectivity index (χ1) is 9.13. The Morgan fingerprint density at radius 3 is 2.21 bits per heavy atom. The van der Waals surface area contributed by atoms with Gasteiger partial charge >= 0.3 is 0 Å². The van der Waals surface area contributed by atoms with Crippen LogP contribution in [-0.4, -0.2) is 4.98 Å². The third kappa shape index (κ3) is 2.24. The fourth-order valence-corrected chi connectivity index (χ4v) is 2.64. The lowest BCUT2D eigenvalue weighted by atomic mass is 9.99. The summed E-state index contributed by atoms with van der Waals surface area (Å²) < 4.78 is 0. The second-order valence-electron chi connectivity index (χ2n) is 5.26. The molecule has 0 saturated heterocycles. The molecular formula is C18H17N. The molecule has 0 fully saturated rings. The van der Waals surface area contributed by atoms with Crippen molar-refractivity contribution in [1.82, 2.24) is 4.98 Å². The summed E-state index contributed by atoms with van der Waals surface area (Å²) in [4.78, 5) is 4.59. The van der Waals surface area contributed by atoms with Crippen LogP contribution in [-0.2, 0) is 0 Å². The van der Waals surface area contributed by atoms with Crippen LogP contribution >= 0.6 is 0 Å². The van der Waals surface area contributed by atoms with Crippen LogP contribution in [0.15, 0.2) is 48.7 Å². The van der Waals surface area contributed by atoms with Crippen molar-refractivity contribution in [2.45, 2.75) is 20.8 Å². The monoisotopic (exact) mass is 247 g/mol. The highest BCUT2D eigenvalue weighted by molar-refractivity contribution is 5.94. The number of fused-ring (bicyclic) bond motifs is 1. The zero-order valence-corrected chi connectivity index (χ0v) is 11.6. The third-order valence-electron chi connectivity index (χ3n) is 3.42. The molecule has 0 N–H and O–H groups in total. The molecule has 2 aromatic carbocycles. The Balaban J connectivity index is 2.30. The molecule has 0 atom stereocenters. The summed E-state index contributed by atoms with van der Waals surface area (Å²) in [5.41, 5.74) is 6.11. The summed E-state index contributed by atoms with van der Waals surface area (Å²) >= 11 is 0. The van der Waals surface area contributed by atoms with Crippen molar-refractivity contribution >= 4 is 10.8 Å². The zero-order valence-electron chi connectivity index (χ0n) is 11.6. The maximum atomic E-state index is 4.59. The van der Waals surface area contributed by atoms with E-state index in [2.05, 4.69) is 68.2 Å². The molecule has 94 valence electrons. The Morgan fingerprint density at radius 1 is 0.737 bits per heavy atom. The summed E-state index contributed by atoms with van der Waals surface area (Å²) in [7, 11) is 0. The molecule has 19 heavy (non-hydrogen) atoms. The first-order valence-electron chi connectivity index (χ1n) is 6.57. The lowest BCUT2D eigenvalue weighted by Gasteiger charge is -2.08. The van der Waals surface area contributed by atoms with Crippen LogP contribution in [0.4, 0.5) is 0 Å². The predicted octanol–water partition coefficient (Wildman–Crippen LogP) is 4.83. The van der Waals surface area contributed by atoms with Gasteiger partial charge in [0.1, 0.15) is 0 Å². The number of benzene rings is 2. The third-order valence-corrected chi connectivity index (χ3v) is 3.42. The Bertz CT molecular complexity index is 736. The van der Waals surface area contributed by atoms with Gasteiger partial charge in [0.15, 0.2) is 0 Å². The molecule has 0 aliphatic carbocycles. The number of aromatic nitrogens is 1. The van der Waals surface area contributed by atoms with Crippen molar-refractivity contribution in [3.05, 3.63) is 65.4 Å². The maximum absolute atomic E-state index is 4.59. The van der Waals surface area contributed by atoms with Gasteiger partial charge in [-0.1, -0.05) is 41.0 Å². The first-order valence-corrected chi connectivity index (χ1v) is 6.57. The highest BCUT2D eigenvalue weighted by Gasteiger charge is 2.06. The van der Waals surface area contributed by atoms with Crippen LogP contribution in [0.25, 0.3) is 22.0 Å². The fourth-order valence-electron chi connectivity index (χ4n) is 2.64. The SMILES string of the molecule is Cc1cc(C)cc(-c2nccc3cc(C)ccc23)c1. The smallest absolute Gasteiger partial charge is 0.0780 e. The Labute approximate surface area is 113 Å². The molecular weight excluding hydrogens is 230 g/mol. The molecule has 0 saturated carbocycles. The van der Waals surface area contributed by atoms with Gasteiger partial charge in [-0.15, -0.1) is 0 Å². The van der Waals surface area contributed by atoms with Crippen LogP contribution in [0.3, 0.4) is 0 Å². The molecule has 1 aromatic heterocycles. The van der Waals surface area contributed by atoms with E-state index >= 15 is 0 Å². The van der Waals surface area contributed by atoms with E-state index in [0.29, 0.717) is 0 Å². The van der Waals surface area contributed by atoms with E-state index in [1.54, 1.807) is 0 Å². The standard InChI is InChI=1S/C18H17N/c1-12-4-5-17-15(9-12)6-7-19-18(17)16-10-13(2)8-14(3)11-16/h4-11H,1-3H3. The van der Waals surface area contributed by atoms with Crippen LogP contribution in [0.2, 0.25) is 0 Å². The second kappa shape index (κ2) is 4.51. The number of hydrogen-bond acceptors (Lipinski definition) is 1. The lowest BCUT2D eigenvalue weighted by molar-refractivity contribution is 1.32. The molecule has 1 heteroatoms. The van der Waals surface area contributed by atoms with Gasteiger partial charge in [0.05, 0.1) is 5.69 Å². The van der Waals surface area contributed by atoms with Crippen molar-refractivity contribution in [3.8, 4) is 11.3 Å². The number of rotatable bonds is 1. The molecule has 1 heterocycles. The molecule has 0 amide bonds. The number of nitrogens with zero attached hydrogens (tertiary/aromatic N) is 1. The van der Waals surface area contributed by atoms with Gasteiger partial charge in [-0.3, -0.25) is 4.98 Å². The predicted molar refractivity (Wildman–Crippen MR) is 81.4 cm³/mol. The number of aryl methyl sites for hydroxylation is 3. The van der Waals surface area contributed by atoms with Gasteiger partial charge in [0, 0.05) is 17.1 Å². The van der Waals surface area contributed by atoms with Gasteiger partial charge in [-0.05, 0) is 44.4 Å². The van der Waals surface area contributed by atoms with Gasteiger partial charge in [0.2, 0.25) is 0 Å². The molecule has 0 bridgehead atoms. The average Bonchev–Trinajstić information content (AvgIpc) is 2.36. The van der Waals surface area contributed by atoms with E-state index in [0.717, 1.165) is 5.69 Å². The highest BCUT2D eigenvalue weighted by atomic mass is 14.7. The van der Waals surface area contributed by atoms with Crippen LogP contribution in [0.1, 0.15) is 16.7 Å². The molecule has 0 aliphatic heterocycles. The second-order valence-corrected chi connectivity index (χ2v) is 5.26. The highest BCUT2D eigenvalue weighted by Crippen LogP contribution is 2.28. The minimum Gasteiger partial charge on any atom is -0.256 e.